The maximum Gasteiger partial charge on any atom is 0.0384 e. The van der Waals surface area contributed by atoms with Crippen LogP contribution in [0.3, 0.4) is 0 Å². The van der Waals surface area contributed by atoms with E-state index in [9.17, 15) is 0 Å². The Bertz CT molecular complexity index is 523. The average Bonchev–Trinajstić information content (AvgIpc) is 2.46. The Morgan fingerprint density at radius 2 is 1.84 bits per heavy atom. The van der Waals surface area contributed by atoms with Gasteiger partial charge in [0.2, 0.25) is 0 Å². The summed E-state index contributed by atoms with van der Waals surface area (Å²) in [5, 5.41) is 3.17. The normalized spacial score (nSPS) is 10.3. The topological polar surface area (TPSA) is 15.3 Å². The van der Waals surface area contributed by atoms with Crippen LogP contribution in [0.25, 0.3) is 0 Å². The van der Waals surface area contributed by atoms with Crippen molar-refractivity contribution >= 4 is 27.3 Å². The van der Waals surface area contributed by atoms with Crippen LogP contribution in [-0.4, -0.2) is 20.6 Å². The maximum absolute atomic E-state index is 3.46. The molecule has 2 aromatic carbocycles. The van der Waals surface area contributed by atoms with Crippen LogP contribution in [0.15, 0.2) is 53.0 Å². The van der Waals surface area contributed by atoms with Gasteiger partial charge >= 0.3 is 0 Å². The van der Waals surface area contributed by atoms with Crippen LogP contribution >= 0.6 is 15.9 Å². The summed E-state index contributed by atoms with van der Waals surface area (Å²) in [5.74, 6) is 0. The van der Waals surface area contributed by atoms with Crippen LogP contribution in [0.4, 0.5) is 11.4 Å². The van der Waals surface area contributed by atoms with E-state index in [4.69, 9.17) is 0 Å². The number of nitrogens with zero attached hydrogens (tertiary/aromatic N) is 1. The second kappa shape index (κ2) is 6.62. The van der Waals surface area contributed by atoms with Crippen LogP contribution < -0.4 is 10.2 Å². The first-order valence-corrected chi connectivity index (χ1v) is 7.22. The summed E-state index contributed by atoms with van der Waals surface area (Å²) < 4.78 is 1.13. The third-order valence-corrected chi connectivity index (χ3v) is 3.75. The smallest absolute Gasteiger partial charge is 0.0384 e. The van der Waals surface area contributed by atoms with E-state index < -0.39 is 0 Å². The van der Waals surface area contributed by atoms with Crippen molar-refractivity contribution in [1.82, 2.24) is 0 Å². The summed E-state index contributed by atoms with van der Waals surface area (Å²) in [5.41, 5.74) is 3.75. The van der Waals surface area contributed by atoms with Crippen molar-refractivity contribution in [2.45, 2.75) is 6.42 Å². The van der Waals surface area contributed by atoms with Crippen LogP contribution in [0, 0.1) is 0 Å². The quantitative estimate of drug-likeness (QED) is 0.890. The molecule has 19 heavy (non-hydrogen) atoms. The van der Waals surface area contributed by atoms with Crippen molar-refractivity contribution in [1.29, 1.82) is 0 Å². The maximum atomic E-state index is 3.46. The van der Waals surface area contributed by atoms with Gasteiger partial charge in [-0.2, -0.15) is 0 Å². The van der Waals surface area contributed by atoms with E-state index in [1.807, 2.05) is 7.05 Å². The molecule has 100 valence electrons. The van der Waals surface area contributed by atoms with Crippen molar-refractivity contribution < 1.29 is 0 Å². The van der Waals surface area contributed by atoms with Crippen LogP contribution in [-0.2, 0) is 6.42 Å². The Morgan fingerprint density at radius 1 is 1.11 bits per heavy atom. The van der Waals surface area contributed by atoms with Gasteiger partial charge in [0.1, 0.15) is 0 Å². The highest BCUT2D eigenvalue weighted by Crippen LogP contribution is 2.18. The highest BCUT2D eigenvalue weighted by Gasteiger charge is 2.02. The molecule has 0 radical (unpaired) electrons. The van der Waals surface area contributed by atoms with Gasteiger partial charge in [-0.05, 0) is 42.3 Å². The lowest BCUT2D eigenvalue weighted by atomic mass is 10.1. The van der Waals surface area contributed by atoms with E-state index in [0.717, 1.165) is 23.1 Å². The highest BCUT2D eigenvalue weighted by atomic mass is 79.9. The first-order valence-electron chi connectivity index (χ1n) is 6.42. The minimum Gasteiger partial charge on any atom is -0.388 e. The molecule has 0 saturated carbocycles. The van der Waals surface area contributed by atoms with Gasteiger partial charge in [0, 0.05) is 36.5 Å². The van der Waals surface area contributed by atoms with Crippen LogP contribution in [0.1, 0.15) is 5.56 Å². The lowest BCUT2D eigenvalue weighted by molar-refractivity contribution is 0.877. The predicted molar refractivity (Wildman–Crippen MR) is 87.1 cm³/mol. The lowest BCUT2D eigenvalue weighted by Gasteiger charge is -2.20. The number of anilines is 2. The Morgan fingerprint density at radius 3 is 2.53 bits per heavy atom. The van der Waals surface area contributed by atoms with Gasteiger partial charge in [0.05, 0.1) is 0 Å². The van der Waals surface area contributed by atoms with Gasteiger partial charge in [0.25, 0.3) is 0 Å². The first kappa shape index (κ1) is 13.9. The van der Waals surface area contributed by atoms with Crippen molar-refractivity contribution in [2.75, 3.05) is 30.9 Å². The SMILES string of the molecule is CNc1cccc(N(C)CCc2ccc(Br)cc2)c1. The summed E-state index contributed by atoms with van der Waals surface area (Å²) in [6.07, 6.45) is 1.05. The number of hydrogen-bond acceptors (Lipinski definition) is 2. The van der Waals surface area contributed by atoms with E-state index in [0.29, 0.717) is 0 Å². The molecule has 1 N–H and O–H groups in total. The summed E-state index contributed by atoms with van der Waals surface area (Å²) >= 11 is 3.46. The lowest BCUT2D eigenvalue weighted by Crippen LogP contribution is -2.20. The molecular formula is C16H19BrN2. The third kappa shape index (κ3) is 4.00. The van der Waals surface area contributed by atoms with Gasteiger partial charge in [-0.25, -0.2) is 0 Å². The highest BCUT2D eigenvalue weighted by molar-refractivity contribution is 9.10. The Hall–Kier alpha value is -1.48. The molecule has 0 aromatic heterocycles. The molecule has 2 nitrogen and oxygen atoms in total. The van der Waals surface area contributed by atoms with E-state index in [-0.39, 0.29) is 0 Å². The zero-order valence-corrected chi connectivity index (χ0v) is 12.9. The molecule has 0 atom stereocenters. The molecule has 0 heterocycles. The van der Waals surface area contributed by atoms with Crippen LogP contribution in [0.5, 0.6) is 0 Å². The molecule has 0 spiro atoms. The van der Waals surface area contributed by atoms with E-state index >= 15 is 0 Å². The second-order valence-electron chi connectivity index (χ2n) is 4.60. The fourth-order valence-electron chi connectivity index (χ4n) is 1.98. The summed E-state index contributed by atoms with van der Waals surface area (Å²) in [4.78, 5) is 2.28. The van der Waals surface area contributed by atoms with Gasteiger partial charge in [-0.15, -0.1) is 0 Å². The van der Waals surface area contributed by atoms with Gasteiger partial charge in [0.15, 0.2) is 0 Å². The van der Waals surface area contributed by atoms with E-state index in [2.05, 4.69) is 81.7 Å². The number of halogens is 1. The third-order valence-electron chi connectivity index (χ3n) is 3.22. The Balaban J connectivity index is 1.96. The molecule has 3 heteroatoms. The van der Waals surface area contributed by atoms with E-state index in [1.165, 1.54) is 11.3 Å². The summed E-state index contributed by atoms with van der Waals surface area (Å²) in [6.45, 7) is 1.01. The first-order chi connectivity index (χ1) is 9.19. The number of nitrogens with one attached hydrogen (secondary N) is 1. The Kier molecular flexibility index (Phi) is 4.86. The molecule has 0 amide bonds. The fourth-order valence-corrected chi connectivity index (χ4v) is 2.24. The zero-order chi connectivity index (χ0) is 13.7. The molecule has 0 aliphatic carbocycles. The predicted octanol–water partition coefficient (Wildman–Crippen LogP) is 4.17. The number of likely N-dealkylation sites (N-methyl/N-ethyl adjacent to an activating group) is 1. The molecule has 2 rings (SSSR count). The minimum absolute atomic E-state index is 1.01. The average molecular weight is 319 g/mol. The molecule has 2 aromatic rings. The van der Waals surface area contributed by atoms with Crippen LogP contribution in [0.2, 0.25) is 0 Å². The molecule has 0 bridgehead atoms. The number of hydrogen-bond donors (Lipinski definition) is 1. The largest absolute Gasteiger partial charge is 0.388 e. The molecule has 0 aliphatic rings. The second-order valence-corrected chi connectivity index (χ2v) is 5.51. The molecule has 0 aliphatic heterocycles. The Labute approximate surface area is 123 Å². The van der Waals surface area contributed by atoms with Gasteiger partial charge < -0.3 is 10.2 Å². The van der Waals surface area contributed by atoms with Gasteiger partial charge in [-0.1, -0.05) is 34.1 Å². The number of rotatable bonds is 5. The van der Waals surface area contributed by atoms with Gasteiger partial charge in [-0.3, -0.25) is 0 Å². The summed E-state index contributed by atoms with van der Waals surface area (Å²) in [6, 6.07) is 17.0. The molecule has 0 fully saturated rings. The van der Waals surface area contributed by atoms with Crippen molar-refractivity contribution in [2.24, 2.45) is 0 Å². The van der Waals surface area contributed by atoms with Crippen molar-refractivity contribution in [3.05, 3.63) is 58.6 Å². The molecule has 0 unspecified atom stereocenters. The van der Waals surface area contributed by atoms with Crippen molar-refractivity contribution in [3.8, 4) is 0 Å². The van der Waals surface area contributed by atoms with Crippen molar-refractivity contribution in [3.63, 3.8) is 0 Å². The monoisotopic (exact) mass is 318 g/mol. The molecular weight excluding hydrogens is 300 g/mol. The number of benzene rings is 2. The summed E-state index contributed by atoms with van der Waals surface area (Å²) in [7, 11) is 4.08. The standard InChI is InChI=1S/C16H19BrN2/c1-18-15-4-3-5-16(12-15)19(2)11-10-13-6-8-14(17)9-7-13/h3-9,12,18H,10-11H2,1-2H3. The molecule has 0 saturated heterocycles. The van der Waals surface area contributed by atoms with E-state index in [1.54, 1.807) is 0 Å². The minimum atomic E-state index is 1.01. The fraction of sp³-hybridized carbons (Fsp3) is 0.250. The zero-order valence-electron chi connectivity index (χ0n) is 11.4.